The molecule has 0 saturated carbocycles. The standard InChI is InChI=1S/C22H24ClN3O4/c1-30-17-9-6-15(7-10-17)22(29)24-12-2-4-20(27)25-19-14-16(8-11-18(19)23)26-13-3-5-21(26)28/h6-11,14H,2-5,12-13H2,1H3,(H,24,29)(H,25,27). The van der Waals surface area contributed by atoms with Crippen molar-refractivity contribution in [2.75, 3.05) is 30.4 Å². The summed E-state index contributed by atoms with van der Waals surface area (Å²) in [7, 11) is 1.56. The van der Waals surface area contributed by atoms with Crippen LogP contribution in [0.5, 0.6) is 5.75 Å². The van der Waals surface area contributed by atoms with Crippen LogP contribution in [-0.2, 0) is 9.59 Å². The molecule has 3 rings (SSSR count). The van der Waals surface area contributed by atoms with Crippen LogP contribution >= 0.6 is 11.6 Å². The van der Waals surface area contributed by atoms with Gasteiger partial charge in [-0.1, -0.05) is 11.6 Å². The van der Waals surface area contributed by atoms with Crippen LogP contribution in [0.3, 0.4) is 0 Å². The van der Waals surface area contributed by atoms with Crippen LogP contribution in [0.15, 0.2) is 42.5 Å². The SMILES string of the molecule is COc1ccc(C(=O)NCCCC(=O)Nc2cc(N3CCCC3=O)ccc2Cl)cc1. The molecule has 1 aliphatic rings. The van der Waals surface area contributed by atoms with Gasteiger partial charge in [0.1, 0.15) is 5.75 Å². The lowest BCUT2D eigenvalue weighted by molar-refractivity contribution is -0.117. The quantitative estimate of drug-likeness (QED) is 0.627. The van der Waals surface area contributed by atoms with Gasteiger partial charge in [0.25, 0.3) is 5.91 Å². The first-order chi connectivity index (χ1) is 14.5. The summed E-state index contributed by atoms with van der Waals surface area (Å²) >= 11 is 6.19. The summed E-state index contributed by atoms with van der Waals surface area (Å²) in [6.07, 6.45) is 2.07. The van der Waals surface area contributed by atoms with Crippen LogP contribution in [0.1, 0.15) is 36.0 Å². The van der Waals surface area contributed by atoms with Gasteiger partial charge in [0, 0.05) is 37.2 Å². The fourth-order valence-corrected chi connectivity index (χ4v) is 3.37. The maximum Gasteiger partial charge on any atom is 0.251 e. The van der Waals surface area contributed by atoms with Crippen molar-refractivity contribution in [3.63, 3.8) is 0 Å². The van der Waals surface area contributed by atoms with E-state index in [-0.39, 0.29) is 24.1 Å². The summed E-state index contributed by atoms with van der Waals surface area (Å²) < 4.78 is 5.07. The Kier molecular flexibility index (Phi) is 7.30. The van der Waals surface area contributed by atoms with E-state index in [4.69, 9.17) is 16.3 Å². The number of hydrogen-bond donors (Lipinski definition) is 2. The number of rotatable bonds is 8. The van der Waals surface area contributed by atoms with Crippen molar-refractivity contribution in [3.8, 4) is 5.75 Å². The van der Waals surface area contributed by atoms with Gasteiger partial charge in [-0.2, -0.15) is 0 Å². The minimum Gasteiger partial charge on any atom is -0.497 e. The summed E-state index contributed by atoms with van der Waals surface area (Å²) in [6, 6.07) is 12.0. The van der Waals surface area contributed by atoms with E-state index in [2.05, 4.69) is 10.6 Å². The molecule has 3 amide bonds. The first-order valence-corrected chi connectivity index (χ1v) is 10.2. The summed E-state index contributed by atoms with van der Waals surface area (Å²) in [4.78, 5) is 38.0. The molecule has 1 fully saturated rings. The number of halogens is 1. The first-order valence-electron chi connectivity index (χ1n) is 9.80. The highest BCUT2D eigenvalue weighted by molar-refractivity contribution is 6.33. The minimum atomic E-state index is -0.208. The molecule has 1 aliphatic heterocycles. The van der Waals surface area contributed by atoms with E-state index < -0.39 is 0 Å². The molecule has 0 radical (unpaired) electrons. The number of anilines is 2. The Bertz CT molecular complexity index is 930. The molecule has 0 atom stereocenters. The molecule has 7 nitrogen and oxygen atoms in total. The molecule has 2 aromatic carbocycles. The second-order valence-electron chi connectivity index (χ2n) is 6.95. The van der Waals surface area contributed by atoms with Crippen LogP contribution in [0.25, 0.3) is 0 Å². The van der Waals surface area contributed by atoms with Crippen molar-refractivity contribution in [2.24, 2.45) is 0 Å². The number of carbonyl (C=O) groups excluding carboxylic acids is 3. The van der Waals surface area contributed by atoms with E-state index in [9.17, 15) is 14.4 Å². The van der Waals surface area contributed by atoms with E-state index in [1.807, 2.05) is 0 Å². The Labute approximate surface area is 180 Å². The third kappa shape index (κ3) is 5.51. The fraction of sp³-hybridized carbons (Fsp3) is 0.318. The van der Waals surface area contributed by atoms with E-state index in [1.165, 1.54) is 0 Å². The van der Waals surface area contributed by atoms with Gasteiger partial charge < -0.3 is 20.3 Å². The van der Waals surface area contributed by atoms with Crippen LogP contribution < -0.4 is 20.3 Å². The zero-order valence-corrected chi connectivity index (χ0v) is 17.5. The number of nitrogens with zero attached hydrogens (tertiary/aromatic N) is 1. The molecule has 0 aromatic heterocycles. The zero-order chi connectivity index (χ0) is 21.5. The van der Waals surface area contributed by atoms with Gasteiger partial charge in [0.15, 0.2) is 0 Å². The van der Waals surface area contributed by atoms with Crippen LogP contribution in [0, 0.1) is 0 Å². The monoisotopic (exact) mass is 429 g/mol. The van der Waals surface area contributed by atoms with E-state index in [0.717, 1.165) is 12.1 Å². The molecule has 1 heterocycles. The van der Waals surface area contributed by atoms with Gasteiger partial charge in [-0.3, -0.25) is 14.4 Å². The lowest BCUT2D eigenvalue weighted by Crippen LogP contribution is -2.25. The minimum absolute atomic E-state index is 0.0715. The predicted octanol–water partition coefficient (Wildman–Crippen LogP) is 3.62. The summed E-state index contributed by atoms with van der Waals surface area (Å²) in [5.41, 5.74) is 1.73. The van der Waals surface area contributed by atoms with Crippen molar-refractivity contribution < 1.29 is 19.1 Å². The lowest BCUT2D eigenvalue weighted by atomic mass is 10.2. The highest BCUT2D eigenvalue weighted by Gasteiger charge is 2.22. The third-order valence-electron chi connectivity index (χ3n) is 4.83. The van der Waals surface area contributed by atoms with Gasteiger partial charge in [0.2, 0.25) is 11.8 Å². The number of benzene rings is 2. The zero-order valence-electron chi connectivity index (χ0n) is 16.7. The Morgan fingerprint density at radius 2 is 1.93 bits per heavy atom. The fourth-order valence-electron chi connectivity index (χ4n) is 3.21. The number of carbonyl (C=O) groups is 3. The molecule has 8 heteroatoms. The second-order valence-corrected chi connectivity index (χ2v) is 7.36. The highest BCUT2D eigenvalue weighted by Crippen LogP contribution is 2.30. The number of hydrogen-bond acceptors (Lipinski definition) is 4. The molecule has 2 N–H and O–H groups in total. The van der Waals surface area contributed by atoms with Gasteiger partial charge in [-0.15, -0.1) is 0 Å². The van der Waals surface area contributed by atoms with Crippen LogP contribution in [-0.4, -0.2) is 37.9 Å². The maximum absolute atomic E-state index is 12.3. The Balaban J connectivity index is 1.46. The maximum atomic E-state index is 12.3. The molecule has 1 saturated heterocycles. The predicted molar refractivity (Wildman–Crippen MR) is 116 cm³/mol. The van der Waals surface area contributed by atoms with Crippen molar-refractivity contribution in [1.29, 1.82) is 0 Å². The molecule has 0 aliphatic carbocycles. The smallest absolute Gasteiger partial charge is 0.251 e. The lowest BCUT2D eigenvalue weighted by Gasteiger charge is -2.17. The molecular formula is C22H24ClN3O4. The van der Waals surface area contributed by atoms with Gasteiger partial charge in [-0.25, -0.2) is 0 Å². The van der Waals surface area contributed by atoms with Gasteiger partial charge >= 0.3 is 0 Å². The third-order valence-corrected chi connectivity index (χ3v) is 5.16. The number of amides is 3. The van der Waals surface area contributed by atoms with Crippen LogP contribution in [0.4, 0.5) is 11.4 Å². The molecule has 158 valence electrons. The largest absolute Gasteiger partial charge is 0.497 e. The number of ether oxygens (including phenoxy) is 1. The van der Waals surface area contributed by atoms with Crippen molar-refractivity contribution in [3.05, 3.63) is 53.1 Å². The van der Waals surface area contributed by atoms with Crippen molar-refractivity contribution in [2.45, 2.75) is 25.7 Å². The van der Waals surface area contributed by atoms with Crippen molar-refractivity contribution >= 4 is 40.7 Å². The molecule has 0 unspecified atom stereocenters. The molecule has 30 heavy (non-hydrogen) atoms. The van der Waals surface area contributed by atoms with E-state index in [0.29, 0.717) is 48.0 Å². The van der Waals surface area contributed by atoms with E-state index >= 15 is 0 Å². The number of nitrogens with one attached hydrogen (secondary N) is 2. The first kappa shape index (κ1) is 21.6. The Morgan fingerprint density at radius 1 is 1.17 bits per heavy atom. The van der Waals surface area contributed by atoms with Gasteiger partial charge in [0.05, 0.1) is 17.8 Å². The summed E-state index contributed by atoms with van der Waals surface area (Å²) in [5.74, 6) is 0.340. The highest BCUT2D eigenvalue weighted by atomic mass is 35.5. The molecule has 2 aromatic rings. The summed E-state index contributed by atoms with van der Waals surface area (Å²) in [5, 5.41) is 5.98. The summed E-state index contributed by atoms with van der Waals surface area (Å²) in [6.45, 7) is 1.04. The topological polar surface area (TPSA) is 87.7 Å². The average molecular weight is 430 g/mol. The Hall–Kier alpha value is -3.06. The second kappa shape index (κ2) is 10.1. The average Bonchev–Trinajstić information content (AvgIpc) is 3.18. The van der Waals surface area contributed by atoms with Crippen molar-refractivity contribution in [1.82, 2.24) is 5.32 Å². The molecule has 0 bridgehead atoms. The van der Waals surface area contributed by atoms with Gasteiger partial charge in [-0.05, 0) is 55.3 Å². The molecular weight excluding hydrogens is 406 g/mol. The normalized spacial score (nSPS) is 13.3. The van der Waals surface area contributed by atoms with Crippen LogP contribution in [0.2, 0.25) is 5.02 Å². The molecule has 0 spiro atoms. The number of methoxy groups -OCH3 is 1. The van der Waals surface area contributed by atoms with E-state index in [1.54, 1.807) is 54.5 Å². The Morgan fingerprint density at radius 3 is 2.60 bits per heavy atom.